The molecule has 0 rings (SSSR count). The van der Waals surface area contributed by atoms with E-state index in [-0.39, 0.29) is 13.2 Å². The molecule has 0 aromatic rings. The van der Waals surface area contributed by atoms with Crippen molar-refractivity contribution >= 4 is 15.7 Å². The first-order valence-corrected chi connectivity index (χ1v) is 12.5. The van der Waals surface area contributed by atoms with Gasteiger partial charge in [0.15, 0.2) is 6.29 Å². The SMILES string of the molecule is C=CCC(C(O)OCC)([Si](C)(C)C)P(=O)(OCC)OCC. The van der Waals surface area contributed by atoms with Gasteiger partial charge >= 0.3 is 7.60 Å². The normalized spacial score (nSPS) is 17.3. The molecule has 0 aromatic heterocycles. The smallest absolute Gasteiger partial charge is 0.339 e. The highest BCUT2D eigenvalue weighted by Crippen LogP contribution is 2.66. The zero-order valence-corrected chi connectivity index (χ0v) is 16.1. The molecule has 0 bridgehead atoms. The molecule has 0 saturated heterocycles. The summed E-state index contributed by atoms with van der Waals surface area (Å²) in [6.45, 7) is 16.0. The van der Waals surface area contributed by atoms with Crippen LogP contribution in [0, 0.1) is 0 Å². The van der Waals surface area contributed by atoms with E-state index in [4.69, 9.17) is 13.8 Å². The average Bonchev–Trinajstić information content (AvgIpc) is 2.34. The van der Waals surface area contributed by atoms with Gasteiger partial charge in [0.1, 0.15) is 4.78 Å². The zero-order valence-electron chi connectivity index (χ0n) is 14.2. The van der Waals surface area contributed by atoms with Gasteiger partial charge in [-0.05, 0) is 27.2 Å². The lowest BCUT2D eigenvalue weighted by Gasteiger charge is -2.48. The van der Waals surface area contributed by atoms with Gasteiger partial charge in [-0.2, -0.15) is 0 Å². The summed E-state index contributed by atoms with van der Waals surface area (Å²) >= 11 is 0. The Morgan fingerprint density at radius 2 is 1.67 bits per heavy atom. The van der Waals surface area contributed by atoms with Gasteiger partial charge < -0.3 is 18.9 Å². The van der Waals surface area contributed by atoms with E-state index in [9.17, 15) is 9.67 Å². The summed E-state index contributed by atoms with van der Waals surface area (Å²) in [4.78, 5) is 0. The number of ether oxygens (including phenoxy) is 1. The first kappa shape index (κ1) is 21.0. The first-order valence-electron chi connectivity index (χ1n) is 7.46. The largest absolute Gasteiger partial charge is 0.367 e. The van der Waals surface area contributed by atoms with Crippen LogP contribution in [0.1, 0.15) is 27.2 Å². The lowest BCUT2D eigenvalue weighted by Crippen LogP contribution is -2.60. The van der Waals surface area contributed by atoms with Crippen molar-refractivity contribution in [3.63, 3.8) is 0 Å². The molecule has 7 heteroatoms. The summed E-state index contributed by atoms with van der Waals surface area (Å²) in [6.07, 6.45) is 0.767. The molecule has 0 aliphatic rings. The molecule has 0 saturated carbocycles. The highest BCUT2D eigenvalue weighted by Gasteiger charge is 2.63. The summed E-state index contributed by atoms with van der Waals surface area (Å²) in [5.41, 5.74) is 0. The molecule has 0 radical (unpaired) electrons. The fraction of sp³-hybridized carbons (Fsp3) is 0.857. The van der Waals surface area contributed by atoms with E-state index in [0.29, 0.717) is 13.0 Å². The Balaban J connectivity index is 6.17. The molecular weight excluding hydrogens is 307 g/mol. The van der Waals surface area contributed by atoms with Gasteiger partial charge in [-0.15, -0.1) is 6.58 Å². The van der Waals surface area contributed by atoms with Crippen LogP contribution in [0.4, 0.5) is 0 Å². The quantitative estimate of drug-likeness (QED) is 0.269. The van der Waals surface area contributed by atoms with Gasteiger partial charge in [0, 0.05) is 6.61 Å². The van der Waals surface area contributed by atoms with Gasteiger partial charge in [-0.3, -0.25) is 4.57 Å². The molecule has 0 aliphatic carbocycles. The molecule has 0 aromatic carbocycles. The number of rotatable bonds is 11. The molecular formula is C14H31O5PSi. The van der Waals surface area contributed by atoms with Crippen LogP contribution >= 0.6 is 7.60 Å². The van der Waals surface area contributed by atoms with Crippen LogP contribution < -0.4 is 0 Å². The Kier molecular flexibility index (Phi) is 8.62. The molecule has 21 heavy (non-hydrogen) atoms. The van der Waals surface area contributed by atoms with Crippen LogP contribution in [-0.4, -0.2) is 44.1 Å². The second-order valence-corrected chi connectivity index (χ2v) is 13.9. The fourth-order valence-electron chi connectivity index (χ4n) is 2.56. The van der Waals surface area contributed by atoms with E-state index in [1.807, 2.05) is 19.6 Å². The van der Waals surface area contributed by atoms with E-state index in [1.54, 1.807) is 26.8 Å². The van der Waals surface area contributed by atoms with Gasteiger partial charge in [0.05, 0.1) is 21.3 Å². The molecule has 2 unspecified atom stereocenters. The van der Waals surface area contributed by atoms with Crippen molar-refractivity contribution in [1.29, 1.82) is 0 Å². The number of aliphatic hydroxyl groups is 1. The van der Waals surface area contributed by atoms with Gasteiger partial charge in [-0.25, -0.2) is 0 Å². The van der Waals surface area contributed by atoms with Crippen molar-refractivity contribution in [2.45, 2.75) is 57.9 Å². The maximum atomic E-state index is 13.5. The molecule has 5 nitrogen and oxygen atoms in total. The Morgan fingerprint density at radius 1 is 1.19 bits per heavy atom. The minimum absolute atomic E-state index is 0.249. The predicted octanol–water partition coefficient (Wildman–Crippen LogP) is 3.80. The lowest BCUT2D eigenvalue weighted by atomic mass is 10.3. The molecule has 0 amide bonds. The maximum Gasteiger partial charge on any atom is 0.339 e. The predicted molar refractivity (Wildman–Crippen MR) is 89.4 cm³/mol. The van der Waals surface area contributed by atoms with Crippen molar-refractivity contribution in [3.8, 4) is 0 Å². The second-order valence-electron chi connectivity index (χ2n) is 5.81. The third-order valence-electron chi connectivity index (χ3n) is 3.57. The minimum atomic E-state index is -3.57. The Hall–Kier alpha value is 0.0269. The number of aliphatic hydroxyl groups excluding tert-OH is 1. The lowest BCUT2D eigenvalue weighted by molar-refractivity contribution is -0.110. The maximum absolute atomic E-state index is 13.5. The summed E-state index contributed by atoms with van der Waals surface area (Å²) in [6, 6.07) is 0. The van der Waals surface area contributed by atoms with Crippen molar-refractivity contribution in [3.05, 3.63) is 12.7 Å². The Morgan fingerprint density at radius 3 is 1.95 bits per heavy atom. The third-order valence-corrected chi connectivity index (χ3v) is 12.0. The molecule has 0 heterocycles. The van der Waals surface area contributed by atoms with E-state index in [1.165, 1.54) is 0 Å². The van der Waals surface area contributed by atoms with E-state index >= 15 is 0 Å². The summed E-state index contributed by atoms with van der Waals surface area (Å²) in [5, 5.41) is 10.6. The van der Waals surface area contributed by atoms with Crippen molar-refractivity contribution in [2.75, 3.05) is 19.8 Å². The number of hydrogen-bond donors (Lipinski definition) is 1. The van der Waals surface area contributed by atoms with Crippen LogP contribution in [0.15, 0.2) is 12.7 Å². The van der Waals surface area contributed by atoms with E-state index < -0.39 is 26.7 Å². The summed E-state index contributed by atoms with van der Waals surface area (Å²) in [7, 11) is -5.80. The van der Waals surface area contributed by atoms with Crippen LogP contribution in [0.5, 0.6) is 0 Å². The molecule has 0 spiro atoms. The molecule has 0 aliphatic heterocycles. The van der Waals surface area contributed by atoms with E-state index in [0.717, 1.165) is 0 Å². The first-order chi connectivity index (χ1) is 9.66. The Labute approximate surface area is 130 Å². The zero-order chi connectivity index (χ0) is 16.7. The highest BCUT2D eigenvalue weighted by atomic mass is 31.2. The van der Waals surface area contributed by atoms with Gasteiger partial charge in [0.2, 0.25) is 0 Å². The molecule has 2 atom stereocenters. The highest BCUT2D eigenvalue weighted by molar-refractivity contribution is 7.59. The molecule has 0 fully saturated rings. The summed E-state index contributed by atoms with van der Waals surface area (Å²) < 4.78 is 29.0. The third kappa shape index (κ3) is 4.27. The van der Waals surface area contributed by atoms with Gasteiger partial charge in [-0.1, -0.05) is 25.7 Å². The van der Waals surface area contributed by atoms with Crippen LogP contribution in [0.25, 0.3) is 0 Å². The van der Waals surface area contributed by atoms with Crippen LogP contribution in [0.2, 0.25) is 19.6 Å². The average molecular weight is 338 g/mol. The second kappa shape index (κ2) is 8.60. The van der Waals surface area contributed by atoms with Gasteiger partial charge in [0.25, 0.3) is 0 Å². The van der Waals surface area contributed by atoms with Crippen molar-refractivity contribution < 1.29 is 23.5 Å². The standard InChI is InChI=1S/C14H31O5PSi/c1-8-12-14(21(5,6)7,13(15)17-9-2)20(16,18-10-3)19-11-4/h8,13,15H,1,9-12H2,2-7H3. The topological polar surface area (TPSA) is 65.0 Å². The number of allylic oxidation sites excluding steroid dienone is 1. The van der Waals surface area contributed by atoms with Crippen molar-refractivity contribution in [1.82, 2.24) is 0 Å². The minimum Gasteiger partial charge on any atom is -0.367 e. The van der Waals surface area contributed by atoms with Crippen LogP contribution in [-0.2, 0) is 18.3 Å². The fourth-order valence-corrected chi connectivity index (χ4v) is 9.73. The monoisotopic (exact) mass is 338 g/mol. The Bertz CT molecular complexity index is 359. The van der Waals surface area contributed by atoms with E-state index in [2.05, 4.69) is 6.58 Å². The van der Waals surface area contributed by atoms with Crippen molar-refractivity contribution in [2.24, 2.45) is 0 Å². The molecule has 126 valence electrons. The van der Waals surface area contributed by atoms with Crippen LogP contribution in [0.3, 0.4) is 0 Å². The molecule has 1 N–H and O–H groups in total. The summed E-state index contributed by atoms with van der Waals surface area (Å²) in [5.74, 6) is 0. The number of hydrogen-bond acceptors (Lipinski definition) is 5.